The summed E-state index contributed by atoms with van der Waals surface area (Å²) in [6, 6.07) is 15.7. The molecule has 5 rings (SSSR count). The molecule has 1 aromatic heterocycles. The van der Waals surface area contributed by atoms with E-state index in [0.717, 1.165) is 12.5 Å². The van der Waals surface area contributed by atoms with Gasteiger partial charge in [-0.3, -0.25) is 20.4 Å². The molecule has 6 N–H and O–H groups in total. The minimum Gasteiger partial charge on any atom is -0.418 e. The zero-order chi connectivity index (χ0) is 45.4. The molecule has 62 heavy (non-hydrogen) atoms. The van der Waals surface area contributed by atoms with Crippen molar-refractivity contribution in [2.24, 2.45) is 0 Å². The third kappa shape index (κ3) is 12.5. The monoisotopic (exact) mass is 926 g/mol. The van der Waals surface area contributed by atoms with Gasteiger partial charge in [-0.05, 0) is 99.5 Å². The fourth-order valence-electron chi connectivity index (χ4n) is 5.40. The SMILES string of the molecule is C.[C-]#[N+]c1ccc(N[C@@H](C(=O)NNC(=O)c2ccc(S(C)(=O)=O)cc2)[C@@H](C)O)c(C)c1Cl.[C-]#[N+]c1ccc(N[C@@H](c2nnc(-c3ccc(S(C)(=O)=O)cc3)o2)[C@@H](C)O)c(C)c1Cl. The predicted molar refractivity (Wildman–Crippen MR) is 237 cm³/mol. The van der Waals surface area contributed by atoms with Gasteiger partial charge in [0.1, 0.15) is 12.1 Å². The molecule has 0 saturated carbocycles. The number of aliphatic hydroxyl groups excluding tert-OH is 2. The smallest absolute Gasteiger partial charge is 0.269 e. The molecule has 328 valence electrons. The van der Waals surface area contributed by atoms with Crippen LogP contribution in [0, 0.1) is 27.0 Å². The van der Waals surface area contributed by atoms with Crippen LogP contribution in [0.3, 0.4) is 0 Å². The minimum absolute atomic E-state index is 0. The number of carbonyl (C=O) groups is 2. The van der Waals surface area contributed by atoms with Crippen molar-refractivity contribution in [1.82, 2.24) is 21.0 Å². The summed E-state index contributed by atoms with van der Waals surface area (Å²) >= 11 is 12.4. The van der Waals surface area contributed by atoms with Gasteiger partial charge >= 0.3 is 0 Å². The van der Waals surface area contributed by atoms with Crippen molar-refractivity contribution in [3.8, 4) is 11.5 Å². The highest BCUT2D eigenvalue weighted by Gasteiger charge is 2.27. The maximum Gasteiger partial charge on any atom is 0.269 e. The first-order chi connectivity index (χ1) is 28.6. The zero-order valence-electron chi connectivity index (χ0n) is 33.4. The van der Waals surface area contributed by atoms with Gasteiger partial charge in [-0.25, -0.2) is 26.5 Å². The first kappa shape index (κ1) is 50.3. The topological polar surface area (TPSA) is 239 Å². The third-order valence-electron chi connectivity index (χ3n) is 8.92. The molecule has 0 saturated heterocycles. The summed E-state index contributed by atoms with van der Waals surface area (Å²) < 4.78 is 51.9. The fourth-order valence-corrected chi connectivity index (χ4v) is 7.07. The number of sulfone groups is 2. The van der Waals surface area contributed by atoms with Gasteiger partial charge in [0, 0.05) is 35.0 Å². The molecular formula is C41H44Cl2N8O9S2. The van der Waals surface area contributed by atoms with Gasteiger partial charge in [0.05, 0.1) is 45.2 Å². The number of carbonyl (C=O) groups excluding carboxylic acids is 2. The molecule has 0 fully saturated rings. The quantitative estimate of drug-likeness (QED) is 0.0544. The van der Waals surface area contributed by atoms with E-state index in [-0.39, 0.29) is 45.3 Å². The number of rotatable bonds is 12. The van der Waals surface area contributed by atoms with Crippen molar-refractivity contribution >= 4 is 77.4 Å². The summed E-state index contributed by atoms with van der Waals surface area (Å²) in [5.74, 6) is -1.05. The molecule has 17 nitrogen and oxygen atoms in total. The molecule has 4 atom stereocenters. The van der Waals surface area contributed by atoms with Gasteiger partial charge in [0.25, 0.3) is 11.8 Å². The maximum absolute atomic E-state index is 12.5. The summed E-state index contributed by atoms with van der Waals surface area (Å²) in [4.78, 5) is 31.7. The summed E-state index contributed by atoms with van der Waals surface area (Å²) in [5, 5.41) is 34.9. The van der Waals surface area contributed by atoms with Crippen molar-refractivity contribution in [3.63, 3.8) is 0 Å². The highest BCUT2D eigenvalue weighted by atomic mass is 35.5. The molecular weight excluding hydrogens is 884 g/mol. The van der Waals surface area contributed by atoms with Crippen LogP contribution in [0.2, 0.25) is 10.0 Å². The summed E-state index contributed by atoms with van der Waals surface area (Å²) in [6.07, 6.45) is 0.162. The first-order valence-electron chi connectivity index (χ1n) is 17.8. The van der Waals surface area contributed by atoms with Gasteiger partial charge in [-0.1, -0.05) is 42.8 Å². The van der Waals surface area contributed by atoms with Crippen LogP contribution in [0.4, 0.5) is 22.7 Å². The Balaban J connectivity index is 0.000000325. The number of anilines is 2. The molecule has 4 aromatic carbocycles. The van der Waals surface area contributed by atoms with Gasteiger partial charge in [0.15, 0.2) is 19.7 Å². The van der Waals surface area contributed by atoms with E-state index in [1.165, 1.54) is 49.4 Å². The van der Waals surface area contributed by atoms with Crippen LogP contribution in [0.5, 0.6) is 0 Å². The molecule has 0 bridgehead atoms. The highest BCUT2D eigenvalue weighted by molar-refractivity contribution is 7.91. The molecule has 0 spiro atoms. The molecule has 0 aliphatic carbocycles. The molecule has 0 aliphatic heterocycles. The van der Waals surface area contributed by atoms with Crippen molar-refractivity contribution in [1.29, 1.82) is 0 Å². The summed E-state index contributed by atoms with van der Waals surface area (Å²) in [6.45, 7) is 20.6. The Morgan fingerprint density at radius 1 is 0.710 bits per heavy atom. The second kappa shape index (κ2) is 21.1. The third-order valence-corrected chi connectivity index (χ3v) is 12.1. The van der Waals surface area contributed by atoms with E-state index in [9.17, 15) is 36.6 Å². The Bertz CT molecular complexity index is 2730. The fraction of sp³-hybridized carbons (Fsp3) is 0.268. The molecule has 2 amide bonds. The number of aliphatic hydroxyl groups is 2. The Labute approximate surface area is 369 Å². The minimum atomic E-state index is -3.40. The number of hydrogen-bond acceptors (Lipinski definition) is 13. The largest absolute Gasteiger partial charge is 0.418 e. The second-order valence-electron chi connectivity index (χ2n) is 13.6. The van der Waals surface area contributed by atoms with E-state index in [0.29, 0.717) is 38.8 Å². The normalized spacial score (nSPS) is 13.0. The van der Waals surface area contributed by atoms with E-state index < -0.39 is 55.8 Å². The van der Waals surface area contributed by atoms with E-state index in [1.54, 1.807) is 51.1 Å². The van der Waals surface area contributed by atoms with Crippen LogP contribution in [0.1, 0.15) is 54.7 Å². The molecule has 1 heterocycles. The number of aromatic nitrogens is 2. The maximum atomic E-state index is 12.5. The first-order valence-corrected chi connectivity index (χ1v) is 22.4. The average molecular weight is 928 g/mol. The number of nitrogens with one attached hydrogen (secondary N) is 4. The van der Waals surface area contributed by atoms with E-state index in [4.69, 9.17) is 40.8 Å². The highest BCUT2D eigenvalue weighted by Crippen LogP contribution is 2.36. The molecule has 0 unspecified atom stereocenters. The van der Waals surface area contributed by atoms with Crippen molar-refractivity contribution < 1.29 is 41.1 Å². The number of benzene rings is 4. The van der Waals surface area contributed by atoms with Crippen molar-refractivity contribution in [2.75, 3.05) is 23.1 Å². The molecule has 0 aliphatic rings. The van der Waals surface area contributed by atoms with Crippen molar-refractivity contribution in [2.45, 2.75) is 69.2 Å². The molecule has 5 aromatic rings. The Kier molecular flexibility index (Phi) is 17.2. The van der Waals surface area contributed by atoms with Crippen LogP contribution < -0.4 is 21.5 Å². The lowest BCUT2D eigenvalue weighted by molar-refractivity contribution is -0.124. The van der Waals surface area contributed by atoms with E-state index in [1.807, 2.05) is 0 Å². The zero-order valence-corrected chi connectivity index (χ0v) is 36.5. The van der Waals surface area contributed by atoms with Crippen LogP contribution in [0.15, 0.2) is 87.0 Å². The van der Waals surface area contributed by atoms with Crippen LogP contribution in [-0.4, -0.2) is 79.8 Å². The number of hydrazine groups is 1. The Hall–Kier alpha value is -6.06. The van der Waals surface area contributed by atoms with E-state index >= 15 is 0 Å². The Morgan fingerprint density at radius 2 is 1.18 bits per heavy atom. The number of nitrogens with zero attached hydrogens (tertiary/aromatic N) is 4. The lowest BCUT2D eigenvalue weighted by atomic mass is 10.1. The molecule has 21 heteroatoms. The lowest BCUT2D eigenvalue weighted by Crippen LogP contribution is -2.52. The van der Waals surface area contributed by atoms with Crippen LogP contribution >= 0.6 is 23.2 Å². The standard InChI is InChI=1S/C20H21ClN4O5S.C20H19ClN4O4S.CH4/c1-11-15(9-10-16(22-3)17(11)21)23-18(12(2)26)20(28)25-24-19(27)13-5-7-14(8-6-13)31(4,29)30;1-11-15(9-10-16(22-3)17(11)21)23-18(12(2)26)20-25-24-19(29-20)13-5-7-14(8-6-13)30(4,27)28;/h5-10,12,18,23,26H,1-2,4H3,(H,24,27)(H,25,28);5-10,12,18,23,26H,1-2,4H3;1H4/t2*12-,18-;/m11./s1. The Morgan fingerprint density at radius 3 is 1.61 bits per heavy atom. The van der Waals surface area contributed by atoms with Crippen LogP contribution in [-0.2, 0) is 24.5 Å². The summed E-state index contributed by atoms with van der Waals surface area (Å²) in [5.41, 5.74) is 7.98. The molecule has 0 radical (unpaired) electrons. The number of amides is 2. The van der Waals surface area contributed by atoms with Crippen LogP contribution in [0.25, 0.3) is 21.1 Å². The van der Waals surface area contributed by atoms with Gasteiger partial charge in [-0.15, -0.1) is 10.2 Å². The van der Waals surface area contributed by atoms with E-state index in [2.05, 4.69) is 41.4 Å². The van der Waals surface area contributed by atoms with Gasteiger partial charge in [0.2, 0.25) is 23.2 Å². The lowest BCUT2D eigenvalue weighted by Gasteiger charge is -2.23. The average Bonchev–Trinajstić information content (AvgIpc) is 3.70. The number of hydrogen-bond donors (Lipinski definition) is 6. The second-order valence-corrected chi connectivity index (χ2v) is 18.4. The van der Waals surface area contributed by atoms with Gasteiger partial charge in [-0.2, -0.15) is 0 Å². The van der Waals surface area contributed by atoms with Crippen molar-refractivity contribution in [3.05, 3.63) is 128 Å². The summed E-state index contributed by atoms with van der Waals surface area (Å²) in [7, 11) is -6.70. The predicted octanol–water partition coefficient (Wildman–Crippen LogP) is 7.05. The number of halogens is 2. The van der Waals surface area contributed by atoms with Gasteiger partial charge < -0.3 is 25.3 Å².